The monoisotopic (exact) mass is 296 g/mol. The van der Waals surface area contributed by atoms with E-state index >= 15 is 0 Å². The van der Waals surface area contributed by atoms with Crippen LogP contribution < -0.4 is 17.3 Å². The summed E-state index contributed by atoms with van der Waals surface area (Å²) >= 11 is 0. The molecule has 0 unspecified atom stereocenters. The van der Waals surface area contributed by atoms with E-state index in [1.54, 1.807) is 0 Å². The predicted octanol–water partition coefficient (Wildman–Crippen LogP) is -0.544. The summed E-state index contributed by atoms with van der Waals surface area (Å²) in [6.45, 7) is 11.1. The molecule has 20 heavy (non-hydrogen) atoms. The summed E-state index contributed by atoms with van der Waals surface area (Å²) in [5.41, 5.74) is 2.42. The van der Waals surface area contributed by atoms with Crippen molar-refractivity contribution in [3.63, 3.8) is 0 Å². The SMILES string of the molecule is CC[N+](CC)(CC)CC(=O)N1CCc2ccccc21.[Cl-]. The summed E-state index contributed by atoms with van der Waals surface area (Å²) in [7, 11) is 0. The third-order valence-electron chi connectivity index (χ3n) is 4.67. The van der Waals surface area contributed by atoms with E-state index in [1.807, 2.05) is 11.0 Å². The number of likely N-dealkylation sites (N-methyl/N-ethyl adjacent to an activating group) is 1. The molecule has 1 aliphatic heterocycles. The van der Waals surface area contributed by atoms with Gasteiger partial charge in [0, 0.05) is 12.2 Å². The Bertz CT molecular complexity index is 449. The van der Waals surface area contributed by atoms with Crippen LogP contribution in [0.1, 0.15) is 26.3 Å². The fraction of sp³-hybridized carbons (Fsp3) is 0.562. The molecule has 1 aliphatic rings. The average molecular weight is 297 g/mol. The Labute approximate surface area is 128 Å². The number of hydrogen-bond donors (Lipinski definition) is 0. The molecule has 0 aliphatic carbocycles. The van der Waals surface area contributed by atoms with E-state index in [0.29, 0.717) is 6.54 Å². The van der Waals surface area contributed by atoms with Crippen LogP contribution in [-0.2, 0) is 11.2 Å². The second kappa shape index (κ2) is 7.09. The molecule has 3 nitrogen and oxygen atoms in total. The molecule has 0 atom stereocenters. The molecule has 0 saturated carbocycles. The summed E-state index contributed by atoms with van der Waals surface area (Å²) < 4.78 is 0.886. The zero-order valence-corrected chi connectivity index (χ0v) is 13.5. The Kier molecular flexibility index (Phi) is 6.03. The molecule has 0 saturated heterocycles. The molecule has 112 valence electrons. The second-order valence-corrected chi connectivity index (χ2v) is 5.37. The van der Waals surface area contributed by atoms with Crippen molar-refractivity contribution in [2.24, 2.45) is 0 Å². The molecular formula is C16H25ClN2O. The van der Waals surface area contributed by atoms with Crippen LogP contribution in [0.5, 0.6) is 0 Å². The zero-order chi connectivity index (χ0) is 13.9. The van der Waals surface area contributed by atoms with E-state index in [9.17, 15) is 4.79 Å². The highest BCUT2D eigenvalue weighted by Gasteiger charge is 2.31. The molecule has 1 aromatic carbocycles. The van der Waals surface area contributed by atoms with Crippen molar-refractivity contribution in [1.29, 1.82) is 0 Å². The van der Waals surface area contributed by atoms with Gasteiger partial charge in [-0.2, -0.15) is 0 Å². The lowest BCUT2D eigenvalue weighted by molar-refractivity contribution is -0.915. The molecular weight excluding hydrogens is 272 g/mol. The molecule has 0 N–H and O–H groups in total. The number of carbonyl (C=O) groups is 1. The number of para-hydroxylation sites is 1. The number of quaternary nitrogens is 1. The van der Waals surface area contributed by atoms with Crippen LogP contribution in [0.2, 0.25) is 0 Å². The highest BCUT2D eigenvalue weighted by molar-refractivity contribution is 5.96. The number of nitrogens with zero attached hydrogens (tertiary/aromatic N) is 2. The van der Waals surface area contributed by atoms with E-state index in [0.717, 1.165) is 42.8 Å². The smallest absolute Gasteiger partial charge is 0.282 e. The summed E-state index contributed by atoms with van der Waals surface area (Å²) in [5.74, 6) is 0.274. The van der Waals surface area contributed by atoms with Crippen molar-refractivity contribution in [3.05, 3.63) is 29.8 Å². The molecule has 2 rings (SSSR count). The van der Waals surface area contributed by atoms with Gasteiger partial charge in [0.2, 0.25) is 0 Å². The Morgan fingerprint density at radius 3 is 2.35 bits per heavy atom. The van der Waals surface area contributed by atoms with Crippen molar-refractivity contribution < 1.29 is 21.7 Å². The Morgan fingerprint density at radius 2 is 1.75 bits per heavy atom. The van der Waals surface area contributed by atoms with E-state index in [2.05, 4.69) is 39.0 Å². The Balaban J connectivity index is 0.00000200. The van der Waals surface area contributed by atoms with E-state index in [-0.39, 0.29) is 18.3 Å². The molecule has 1 aromatic rings. The van der Waals surface area contributed by atoms with Crippen LogP contribution in [-0.4, -0.2) is 43.1 Å². The van der Waals surface area contributed by atoms with Crippen LogP contribution in [0.15, 0.2) is 24.3 Å². The quantitative estimate of drug-likeness (QED) is 0.668. The summed E-state index contributed by atoms with van der Waals surface area (Å²) in [6, 6.07) is 8.27. The van der Waals surface area contributed by atoms with Crippen LogP contribution in [0.4, 0.5) is 5.69 Å². The molecule has 0 bridgehead atoms. The molecule has 1 heterocycles. The van der Waals surface area contributed by atoms with Gasteiger partial charge in [0.15, 0.2) is 6.54 Å². The predicted molar refractivity (Wildman–Crippen MR) is 79.2 cm³/mol. The number of anilines is 1. The number of benzene rings is 1. The van der Waals surface area contributed by atoms with Crippen molar-refractivity contribution in [2.45, 2.75) is 27.2 Å². The molecule has 1 amide bonds. The van der Waals surface area contributed by atoms with E-state index in [1.165, 1.54) is 5.56 Å². The minimum atomic E-state index is 0. The number of rotatable bonds is 5. The van der Waals surface area contributed by atoms with Gasteiger partial charge in [-0.05, 0) is 38.8 Å². The first-order valence-electron chi connectivity index (χ1n) is 7.39. The van der Waals surface area contributed by atoms with Gasteiger partial charge in [-0.15, -0.1) is 0 Å². The second-order valence-electron chi connectivity index (χ2n) is 5.37. The highest BCUT2D eigenvalue weighted by atomic mass is 35.5. The van der Waals surface area contributed by atoms with Crippen LogP contribution >= 0.6 is 0 Å². The lowest BCUT2D eigenvalue weighted by Gasteiger charge is -2.36. The molecule has 0 spiro atoms. The van der Waals surface area contributed by atoms with Crippen molar-refractivity contribution in [2.75, 3.05) is 37.6 Å². The lowest BCUT2D eigenvalue weighted by Crippen LogP contribution is -3.00. The van der Waals surface area contributed by atoms with Gasteiger partial charge in [-0.1, -0.05) is 18.2 Å². The van der Waals surface area contributed by atoms with Gasteiger partial charge in [-0.3, -0.25) is 4.79 Å². The molecule has 0 radical (unpaired) electrons. The van der Waals surface area contributed by atoms with Crippen LogP contribution in [0.25, 0.3) is 0 Å². The van der Waals surface area contributed by atoms with Gasteiger partial charge in [0.05, 0.1) is 19.6 Å². The number of halogens is 1. The first kappa shape index (κ1) is 17.0. The fourth-order valence-corrected chi connectivity index (χ4v) is 2.98. The average Bonchev–Trinajstić information content (AvgIpc) is 2.89. The lowest BCUT2D eigenvalue weighted by atomic mass is 10.2. The van der Waals surface area contributed by atoms with Crippen LogP contribution in [0, 0.1) is 0 Å². The maximum Gasteiger partial charge on any atom is 0.282 e. The maximum absolute atomic E-state index is 12.6. The van der Waals surface area contributed by atoms with Gasteiger partial charge < -0.3 is 21.8 Å². The largest absolute Gasteiger partial charge is 1.00 e. The fourth-order valence-electron chi connectivity index (χ4n) is 2.98. The minimum absolute atomic E-state index is 0. The number of hydrogen-bond acceptors (Lipinski definition) is 1. The van der Waals surface area contributed by atoms with E-state index < -0.39 is 0 Å². The zero-order valence-electron chi connectivity index (χ0n) is 12.7. The van der Waals surface area contributed by atoms with Gasteiger partial charge in [0.25, 0.3) is 5.91 Å². The van der Waals surface area contributed by atoms with Crippen LogP contribution in [0.3, 0.4) is 0 Å². The van der Waals surface area contributed by atoms with Gasteiger partial charge in [0.1, 0.15) is 0 Å². The Morgan fingerprint density at radius 1 is 1.15 bits per heavy atom. The number of fused-ring (bicyclic) bond motifs is 1. The third kappa shape index (κ3) is 3.15. The Hall–Kier alpha value is -1.06. The van der Waals surface area contributed by atoms with Crippen molar-refractivity contribution in [1.82, 2.24) is 0 Å². The summed E-state index contributed by atoms with van der Waals surface area (Å²) in [4.78, 5) is 14.6. The topological polar surface area (TPSA) is 20.3 Å². The molecule has 0 fully saturated rings. The normalized spacial score (nSPS) is 13.8. The third-order valence-corrected chi connectivity index (χ3v) is 4.67. The highest BCUT2D eigenvalue weighted by Crippen LogP contribution is 2.27. The van der Waals surface area contributed by atoms with Crippen molar-refractivity contribution in [3.8, 4) is 0 Å². The summed E-state index contributed by atoms with van der Waals surface area (Å²) in [6.07, 6.45) is 0.992. The minimum Gasteiger partial charge on any atom is -1.00 e. The standard InChI is InChI=1S/C16H25N2O.ClH/c1-4-18(5-2,6-3)13-16(19)17-12-11-14-9-7-8-10-15(14)17;/h7-10H,4-6,11-13H2,1-3H3;1H/q+1;/p-1. The first-order valence-corrected chi connectivity index (χ1v) is 7.39. The van der Waals surface area contributed by atoms with Gasteiger partial charge >= 0.3 is 0 Å². The molecule has 0 aromatic heterocycles. The van der Waals surface area contributed by atoms with E-state index in [4.69, 9.17) is 0 Å². The number of amides is 1. The maximum atomic E-state index is 12.6. The van der Waals surface area contributed by atoms with Gasteiger partial charge in [-0.25, -0.2) is 0 Å². The first-order chi connectivity index (χ1) is 9.15. The summed E-state index contributed by atoms with van der Waals surface area (Å²) in [5, 5.41) is 0. The van der Waals surface area contributed by atoms with Crippen molar-refractivity contribution >= 4 is 11.6 Å². The molecule has 4 heteroatoms. The number of carbonyl (C=O) groups excluding carboxylic acids is 1.